The van der Waals surface area contributed by atoms with Crippen LogP contribution in [0.3, 0.4) is 0 Å². The van der Waals surface area contributed by atoms with E-state index in [1.807, 2.05) is 30.3 Å². The summed E-state index contributed by atoms with van der Waals surface area (Å²) in [6, 6.07) is 16.6. The molecule has 1 aliphatic carbocycles. The minimum atomic E-state index is -0.292. The summed E-state index contributed by atoms with van der Waals surface area (Å²) in [7, 11) is 0. The van der Waals surface area contributed by atoms with Crippen LogP contribution in [0.2, 0.25) is 5.02 Å². The van der Waals surface area contributed by atoms with Crippen molar-refractivity contribution in [2.24, 2.45) is 5.92 Å². The molecule has 8 nitrogen and oxygen atoms in total. The summed E-state index contributed by atoms with van der Waals surface area (Å²) >= 11 is 6.52. The van der Waals surface area contributed by atoms with E-state index >= 15 is 0 Å². The number of H-pyrrole nitrogens is 2. The summed E-state index contributed by atoms with van der Waals surface area (Å²) in [6.07, 6.45) is 6.13. The molecule has 1 fully saturated rings. The van der Waals surface area contributed by atoms with Gasteiger partial charge in [0.1, 0.15) is 17.1 Å². The van der Waals surface area contributed by atoms with Crippen molar-refractivity contribution in [2.45, 2.75) is 31.7 Å². The monoisotopic (exact) mass is 511 g/mol. The number of pyridine rings is 1. The Hall–Kier alpha value is -4.35. The highest BCUT2D eigenvalue weighted by molar-refractivity contribution is 6.36. The predicted octanol–water partition coefficient (Wildman–Crippen LogP) is 6.14. The van der Waals surface area contributed by atoms with Gasteiger partial charge in [0.15, 0.2) is 5.78 Å². The summed E-state index contributed by atoms with van der Waals surface area (Å²) in [5.74, 6) is 0.924. The van der Waals surface area contributed by atoms with Gasteiger partial charge in [0.2, 0.25) is 0 Å². The second-order valence-electron chi connectivity index (χ2n) is 9.28. The lowest BCUT2D eigenvalue weighted by atomic mass is 9.87. The number of aromatic nitrogens is 4. The maximum atomic E-state index is 13.6. The minimum Gasteiger partial charge on any atom is -0.457 e. The molecule has 5 aromatic rings. The van der Waals surface area contributed by atoms with Crippen molar-refractivity contribution >= 4 is 39.3 Å². The molecule has 184 valence electrons. The van der Waals surface area contributed by atoms with Crippen LogP contribution in [-0.4, -0.2) is 25.5 Å². The van der Waals surface area contributed by atoms with E-state index in [1.165, 1.54) is 6.20 Å². The van der Waals surface area contributed by atoms with Crippen LogP contribution >= 0.6 is 11.6 Å². The van der Waals surface area contributed by atoms with Crippen LogP contribution in [0.25, 0.3) is 21.9 Å². The number of ketones is 1. The van der Waals surface area contributed by atoms with Crippen LogP contribution in [0.1, 0.15) is 47.6 Å². The molecule has 37 heavy (non-hydrogen) atoms. The van der Waals surface area contributed by atoms with E-state index in [4.69, 9.17) is 16.3 Å². The Morgan fingerprint density at radius 2 is 1.86 bits per heavy atom. The van der Waals surface area contributed by atoms with E-state index in [-0.39, 0.29) is 28.3 Å². The molecule has 3 heterocycles. The van der Waals surface area contributed by atoms with Crippen molar-refractivity contribution in [1.82, 2.24) is 19.7 Å². The first-order chi connectivity index (χ1) is 18.0. The Labute approximate surface area is 216 Å². The number of rotatable bonds is 5. The molecule has 2 N–H and O–H groups in total. The summed E-state index contributed by atoms with van der Waals surface area (Å²) in [6.45, 7) is 0. The number of benzene rings is 2. The van der Waals surface area contributed by atoms with Gasteiger partial charge >= 0.3 is 0 Å². The van der Waals surface area contributed by atoms with Gasteiger partial charge in [-0.25, -0.2) is 9.67 Å². The molecule has 0 unspecified atom stereocenters. The van der Waals surface area contributed by atoms with Gasteiger partial charge in [-0.2, -0.15) is 5.26 Å². The zero-order valence-electron chi connectivity index (χ0n) is 19.7. The Morgan fingerprint density at radius 3 is 2.59 bits per heavy atom. The van der Waals surface area contributed by atoms with Gasteiger partial charge < -0.3 is 9.72 Å². The van der Waals surface area contributed by atoms with Crippen molar-refractivity contribution in [3.8, 4) is 17.6 Å². The summed E-state index contributed by atoms with van der Waals surface area (Å²) < 4.78 is 7.46. The SMILES string of the molecule is N#C[C@H]1CC[C@@H](n2[nH]c3c(cnc4[nH]cc(C(=O)c5ccc(Oc6ccccc6)cc5Cl)c43)c2=O)CC1. The second-order valence-corrected chi connectivity index (χ2v) is 9.69. The van der Waals surface area contributed by atoms with E-state index in [0.717, 1.165) is 25.7 Å². The van der Waals surface area contributed by atoms with Crippen LogP contribution in [-0.2, 0) is 0 Å². The first-order valence-electron chi connectivity index (χ1n) is 12.1. The normalized spacial score (nSPS) is 17.6. The molecule has 0 spiro atoms. The fraction of sp³-hybridized carbons (Fsp3) is 0.214. The van der Waals surface area contributed by atoms with Crippen LogP contribution in [0.5, 0.6) is 11.5 Å². The third kappa shape index (κ3) is 4.07. The van der Waals surface area contributed by atoms with Gasteiger partial charge in [-0.05, 0) is 49.9 Å². The second kappa shape index (κ2) is 9.26. The molecule has 0 bridgehead atoms. The molecule has 0 atom stereocenters. The molecule has 3 aromatic heterocycles. The number of nitrogens with one attached hydrogen (secondary N) is 2. The maximum Gasteiger partial charge on any atom is 0.276 e. The van der Waals surface area contributed by atoms with Crippen molar-refractivity contribution in [3.05, 3.63) is 87.4 Å². The summed E-state index contributed by atoms with van der Waals surface area (Å²) in [5.41, 5.74) is 1.56. The Bertz CT molecular complexity index is 1740. The highest BCUT2D eigenvalue weighted by atomic mass is 35.5. The quantitative estimate of drug-likeness (QED) is 0.275. The number of hydrogen-bond acceptors (Lipinski definition) is 5. The molecule has 2 aromatic carbocycles. The van der Waals surface area contributed by atoms with Gasteiger partial charge in [-0.15, -0.1) is 0 Å². The fourth-order valence-electron chi connectivity index (χ4n) is 5.09. The molecular formula is C28H22ClN5O3. The van der Waals surface area contributed by atoms with E-state index in [2.05, 4.69) is 21.1 Å². The number of hydrogen-bond donors (Lipinski definition) is 2. The van der Waals surface area contributed by atoms with Gasteiger partial charge in [-0.3, -0.25) is 14.7 Å². The highest BCUT2D eigenvalue weighted by Gasteiger charge is 2.26. The van der Waals surface area contributed by atoms with Gasteiger partial charge in [-0.1, -0.05) is 29.8 Å². The molecule has 1 aliphatic rings. The average Bonchev–Trinajstić information content (AvgIpc) is 3.50. The van der Waals surface area contributed by atoms with Gasteiger partial charge in [0, 0.05) is 29.9 Å². The standard InChI is InChI=1S/C28H22ClN5O3/c29-23-12-19(37-18-4-2-1-3-5-18)10-11-20(23)26(35)21-14-31-27-24(21)25-22(15-32-27)28(36)34(33-25)17-8-6-16(13-30)7-9-17/h1-5,10-12,14-17,33H,6-9H2,(H,31,32)/t16-,17+. The van der Waals surface area contributed by atoms with Crippen LogP contribution < -0.4 is 10.3 Å². The van der Waals surface area contributed by atoms with Crippen LogP contribution in [0.15, 0.2) is 65.7 Å². The molecule has 0 radical (unpaired) electrons. The molecule has 9 heteroatoms. The number of fused-ring (bicyclic) bond motifs is 3. The summed E-state index contributed by atoms with van der Waals surface area (Å²) in [4.78, 5) is 34.3. The number of nitrogens with zero attached hydrogens (tertiary/aromatic N) is 3. The smallest absolute Gasteiger partial charge is 0.276 e. The molecular weight excluding hydrogens is 490 g/mol. The van der Waals surface area contributed by atoms with Gasteiger partial charge in [0.05, 0.1) is 39.0 Å². The number of para-hydroxylation sites is 1. The first kappa shape index (κ1) is 23.1. The predicted molar refractivity (Wildman–Crippen MR) is 140 cm³/mol. The van der Waals surface area contributed by atoms with Crippen molar-refractivity contribution < 1.29 is 9.53 Å². The zero-order valence-corrected chi connectivity index (χ0v) is 20.5. The van der Waals surface area contributed by atoms with Crippen LogP contribution in [0, 0.1) is 17.2 Å². The number of aromatic amines is 2. The van der Waals surface area contributed by atoms with E-state index < -0.39 is 0 Å². The Balaban J connectivity index is 1.37. The highest BCUT2D eigenvalue weighted by Crippen LogP contribution is 2.34. The molecule has 6 rings (SSSR count). The fourth-order valence-corrected chi connectivity index (χ4v) is 5.34. The largest absolute Gasteiger partial charge is 0.457 e. The summed E-state index contributed by atoms with van der Waals surface area (Å²) in [5, 5.41) is 13.7. The minimum absolute atomic E-state index is 0.0238. The molecule has 0 saturated heterocycles. The van der Waals surface area contributed by atoms with Crippen LogP contribution in [0.4, 0.5) is 0 Å². The van der Waals surface area contributed by atoms with Crippen molar-refractivity contribution in [1.29, 1.82) is 5.26 Å². The molecule has 1 saturated carbocycles. The number of halogens is 1. The van der Waals surface area contributed by atoms with Crippen molar-refractivity contribution in [2.75, 3.05) is 0 Å². The van der Waals surface area contributed by atoms with Gasteiger partial charge in [0.25, 0.3) is 5.56 Å². The third-order valence-corrected chi connectivity index (χ3v) is 7.35. The lowest BCUT2D eigenvalue weighted by Crippen LogP contribution is -2.26. The van der Waals surface area contributed by atoms with E-state index in [9.17, 15) is 14.9 Å². The third-order valence-electron chi connectivity index (χ3n) is 7.04. The number of nitriles is 1. The Kier molecular flexibility index (Phi) is 5.78. The average molecular weight is 512 g/mol. The van der Waals surface area contributed by atoms with E-state index in [1.54, 1.807) is 29.1 Å². The lowest BCUT2D eigenvalue weighted by Gasteiger charge is -2.24. The zero-order chi connectivity index (χ0) is 25.5. The topological polar surface area (TPSA) is 117 Å². The van der Waals surface area contributed by atoms with E-state index in [0.29, 0.717) is 44.6 Å². The molecule has 0 aliphatic heterocycles. The Morgan fingerprint density at radius 1 is 1.08 bits per heavy atom. The number of carbonyl (C=O) groups excluding carboxylic acids is 1. The molecule has 0 amide bonds. The number of ether oxygens (including phenoxy) is 1. The first-order valence-corrected chi connectivity index (χ1v) is 12.5. The maximum absolute atomic E-state index is 13.6. The number of carbonyl (C=O) groups is 1. The lowest BCUT2D eigenvalue weighted by molar-refractivity contribution is 0.104. The van der Waals surface area contributed by atoms with Crippen molar-refractivity contribution in [3.63, 3.8) is 0 Å².